The second-order valence-corrected chi connectivity index (χ2v) is 6.06. The van der Waals surface area contributed by atoms with Crippen LogP contribution in [0.15, 0.2) is 23.1 Å². The van der Waals surface area contributed by atoms with Crippen LogP contribution in [0, 0.1) is 13.8 Å². The monoisotopic (exact) mass is 236 g/mol. The number of thioether (sulfide) groups is 1. The number of rotatable bonds is 2. The Morgan fingerprint density at radius 3 is 2.62 bits per heavy atom. The molecular formula is C14H20OS. The van der Waals surface area contributed by atoms with Crippen LogP contribution in [0.5, 0.6) is 0 Å². The molecule has 2 heteroatoms. The highest BCUT2D eigenvalue weighted by molar-refractivity contribution is 8.00. The molecule has 0 saturated heterocycles. The van der Waals surface area contributed by atoms with Gasteiger partial charge in [0.1, 0.15) is 0 Å². The Kier molecular flexibility index (Phi) is 3.93. The van der Waals surface area contributed by atoms with Crippen molar-refractivity contribution in [3.05, 3.63) is 29.3 Å². The summed E-state index contributed by atoms with van der Waals surface area (Å²) in [6.07, 6.45) is 4.46. The highest BCUT2D eigenvalue weighted by Gasteiger charge is 2.24. The van der Waals surface area contributed by atoms with E-state index in [1.165, 1.54) is 28.9 Å². The molecule has 0 radical (unpaired) electrons. The van der Waals surface area contributed by atoms with E-state index in [-0.39, 0.29) is 6.10 Å². The van der Waals surface area contributed by atoms with Crippen LogP contribution in [-0.4, -0.2) is 16.5 Å². The molecule has 0 heterocycles. The summed E-state index contributed by atoms with van der Waals surface area (Å²) in [6, 6.07) is 6.57. The highest BCUT2D eigenvalue weighted by Crippen LogP contribution is 2.35. The lowest BCUT2D eigenvalue weighted by atomic mass is 9.97. The van der Waals surface area contributed by atoms with Crippen LogP contribution in [0.4, 0.5) is 0 Å². The summed E-state index contributed by atoms with van der Waals surface area (Å²) >= 11 is 1.86. The van der Waals surface area contributed by atoms with E-state index < -0.39 is 0 Å². The molecule has 0 amide bonds. The topological polar surface area (TPSA) is 20.2 Å². The maximum atomic E-state index is 9.95. The number of aryl methyl sites for hydroxylation is 2. The molecule has 88 valence electrons. The Bertz CT molecular complexity index is 362. The summed E-state index contributed by atoms with van der Waals surface area (Å²) in [5.41, 5.74) is 2.65. The molecule has 0 aromatic heterocycles. The SMILES string of the molecule is Cc1ccc(SC2CCCCC2O)c(C)c1. The van der Waals surface area contributed by atoms with Crippen LogP contribution in [-0.2, 0) is 0 Å². The van der Waals surface area contributed by atoms with Crippen molar-refractivity contribution < 1.29 is 5.11 Å². The van der Waals surface area contributed by atoms with E-state index in [2.05, 4.69) is 32.0 Å². The minimum Gasteiger partial charge on any atom is -0.392 e. The van der Waals surface area contributed by atoms with Gasteiger partial charge in [-0.15, -0.1) is 11.8 Å². The number of hydrogen-bond donors (Lipinski definition) is 1. The van der Waals surface area contributed by atoms with Gasteiger partial charge in [-0.05, 0) is 38.3 Å². The maximum Gasteiger partial charge on any atom is 0.0662 e. The zero-order valence-electron chi connectivity index (χ0n) is 10.1. The number of aliphatic hydroxyl groups is 1. The second kappa shape index (κ2) is 5.24. The number of benzene rings is 1. The Hall–Kier alpha value is -0.470. The number of aliphatic hydroxyl groups excluding tert-OH is 1. The van der Waals surface area contributed by atoms with Gasteiger partial charge in [0.15, 0.2) is 0 Å². The molecule has 2 atom stereocenters. The van der Waals surface area contributed by atoms with Crippen LogP contribution in [0.2, 0.25) is 0 Å². The summed E-state index contributed by atoms with van der Waals surface area (Å²) in [6.45, 7) is 4.28. The first-order chi connectivity index (χ1) is 7.66. The number of hydrogen-bond acceptors (Lipinski definition) is 2. The van der Waals surface area contributed by atoms with E-state index in [9.17, 15) is 5.11 Å². The smallest absolute Gasteiger partial charge is 0.0662 e. The fraction of sp³-hybridized carbons (Fsp3) is 0.571. The molecule has 0 bridgehead atoms. The van der Waals surface area contributed by atoms with E-state index in [4.69, 9.17) is 0 Å². The molecule has 2 rings (SSSR count). The molecule has 1 aromatic carbocycles. The summed E-state index contributed by atoms with van der Waals surface area (Å²) in [5.74, 6) is 0. The van der Waals surface area contributed by atoms with Crippen LogP contribution < -0.4 is 0 Å². The van der Waals surface area contributed by atoms with E-state index in [1.54, 1.807) is 0 Å². The van der Waals surface area contributed by atoms with Gasteiger partial charge in [-0.3, -0.25) is 0 Å². The van der Waals surface area contributed by atoms with Gasteiger partial charge in [-0.1, -0.05) is 30.5 Å². The van der Waals surface area contributed by atoms with Crippen molar-refractivity contribution in [2.45, 2.75) is 55.8 Å². The Morgan fingerprint density at radius 1 is 1.19 bits per heavy atom. The summed E-state index contributed by atoms with van der Waals surface area (Å²) in [5, 5.41) is 10.4. The van der Waals surface area contributed by atoms with Crippen molar-refractivity contribution in [1.29, 1.82) is 0 Å². The van der Waals surface area contributed by atoms with Gasteiger partial charge in [0.05, 0.1) is 6.10 Å². The van der Waals surface area contributed by atoms with Gasteiger partial charge < -0.3 is 5.11 Å². The first kappa shape index (κ1) is 12.0. The Labute approximate surface area is 102 Å². The van der Waals surface area contributed by atoms with Crippen LogP contribution in [0.3, 0.4) is 0 Å². The standard InChI is InChI=1S/C14H20OS/c1-10-7-8-13(11(2)9-10)16-14-6-4-3-5-12(14)15/h7-9,12,14-15H,3-6H2,1-2H3. The minimum atomic E-state index is -0.112. The quantitative estimate of drug-likeness (QED) is 0.845. The largest absolute Gasteiger partial charge is 0.392 e. The normalized spacial score (nSPS) is 25.7. The van der Waals surface area contributed by atoms with Crippen LogP contribution in [0.25, 0.3) is 0 Å². The third-order valence-corrected chi connectivity index (χ3v) is 4.84. The molecule has 16 heavy (non-hydrogen) atoms. The fourth-order valence-electron chi connectivity index (χ4n) is 2.31. The Balaban J connectivity index is 2.07. The zero-order valence-corrected chi connectivity index (χ0v) is 10.9. The third-order valence-electron chi connectivity index (χ3n) is 3.28. The summed E-state index contributed by atoms with van der Waals surface area (Å²) < 4.78 is 0. The third kappa shape index (κ3) is 2.80. The van der Waals surface area contributed by atoms with E-state index in [1.807, 2.05) is 11.8 Å². The maximum absolute atomic E-state index is 9.95. The first-order valence-electron chi connectivity index (χ1n) is 6.09. The minimum absolute atomic E-state index is 0.112. The molecule has 1 nitrogen and oxygen atoms in total. The lowest BCUT2D eigenvalue weighted by Gasteiger charge is -2.27. The molecule has 1 aliphatic rings. The van der Waals surface area contributed by atoms with Crippen molar-refractivity contribution in [3.63, 3.8) is 0 Å². The van der Waals surface area contributed by atoms with Crippen LogP contribution in [0.1, 0.15) is 36.8 Å². The van der Waals surface area contributed by atoms with E-state index in [0.717, 1.165) is 12.8 Å². The van der Waals surface area contributed by atoms with Gasteiger partial charge in [0.2, 0.25) is 0 Å². The predicted molar refractivity (Wildman–Crippen MR) is 70.0 cm³/mol. The van der Waals surface area contributed by atoms with Gasteiger partial charge in [-0.2, -0.15) is 0 Å². The average Bonchev–Trinajstić information content (AvgIpc) is 2.25. The molecule has 1 fully saturated rings. The molecule has 1 saturated carbocycles. The van der Waals surface area contributed by atoms with E-state index >= 15 is 0 Å². The van der Waals surface area contributed by atoms with Crippen molar-refractivity contribution in [2.24, 2.45) is 0 Å². The van der Waals surface area contributed by atoms with Crippen LogP contribution >= 0.6 is 11.8 Å². The lowest BCUT2D eigenvalue weighted by molar-refractivity contribution is 0.137. The molecule has 1 N–H and O–H groups in total. The van der Waals surface area contributed by atoms with Gasteiger partial charge >= 0.3 is 0 Å². The molecule has 1 aliphatic carbocycles. The molecule has 0 aliphatic heterocycles. The highest BCUT2D eigenvalue weighted by atomic mass is 32.2. The molecule has 1 aromatic rings. The molecular weight excluding hydrogens is 216 g/mol. The van der Waals surface area contributed by atoms with Gasteiger partial charge in [0.25, 0.3) is 0 Å². The molecule has 0 spiro atoms. The fourth-order valence-corrected chi connectivity index (χ4v) is 3.60. The summed E-state index contributed by atoms with van der Waals surface area (Å²) in [4.78, 5) is 1.33. The van der Waals surface area contributed by atoms with Crippen molar-refractivity contribution in [3.8, 4) is 0 Å². The zero-order chi connectivity index (χ0) is 11.5. The Morgan fingerprint density at radius 2 is 1.94 bits per heavy atom. The molecule has 2 unspecified atom stereocenters. The van der Waals surface area contributed by atoms with Gasteiger partial charge in [-0.25, -0.2) is 0 Å². The second-order valence-electron chi connectivity index (χ2n) is 4.78. The van der Waals surface area contributed by atoms with Gasteiger partial charge in [0, 0.05) is 10.1 Å². The lowest BCUT2D eigenvalue weighted by Crippen LogP contribution is -2.26. The van der Waals surface area contributed by atoms with Crippen molar-refractivity contribution >= 4 is 11.8 Å². The van der Waals surface area contributed by atoms with Crippen molar-refractivity contribution in [2.75, 3.05) is 0 Å². The predicted octanol–water partition coefficient (Wildman–Crippen LogP) is 3.70. The average molecular weight is 236 g/mol. The summed E-state index contributed by atoms with van der Waals surface area (Å²) in [7, 11) is 0. The first-order valence-corrected chi connectivity index (χ1v) is 6.97. The van der Waals surface area contributed by atoms with Crippen molar-refractivity contribution in [1.82, 2.24) is 0 Å². The van der Waals surface area contributed by atoms with E-state index in [0.29, 0.717) is 5.25 Å².